The number of anilines is 1. The van der Waals surface area contributed by atoms with Gasteiger partial charge in [0, 0.05) is 18.2 Å². The van der Waals surface area contributed by atoms with E-state index in [0.29, 0.717) is 18.5 Å². The quantitative estimate of drug-likeness (QED) is 0.612. The number of carbonyl (C=O) groups is 1. The molecule has 0 saturated heterocycles. The maximum absolute atomic E-state index is 12.2. The van der Waals surface area contributed by atoms with Crippen LogP contribution in [0.1, 0.15) is 46.5 Å². The van der Waals surface area contributed by atoms with Crippen molar-refractivity contribution in [1.82, 2.24) is 10.0 Å². The molecule has 3 N–H and O–H groups in total. The van der Waals surface area contributed by atoms with E-state index >= 15 is 0 Å². The van der Waals surface area contributed by atoms with Crippen LogP contribution in [0.4, 0.5) is 5.69 Å². The predicted molar refractivity (Wildman–Crippen MR) is 100 cm³/mol. The second-order valence-electron chi connectivity index (χ2n) is 5.56. The van der Waals surface area contributed by atoms with E-state index in [1.807, 2.05) is 20.8 Å². The number of hydrogen-bond acceptors (Lipinski definition) is 4. The van der Waals surface area contributed by atoms with E-state index in [1.165, 1.54) is 12.1 Å². The standard InChI is InChI=1S/C16H25N3O3S2/c1-4-6-7-15(20)18-16(23)17-13-8-10-14(11-9-13)24(21,22)19-12(3)5-2/h8-12,19H,4-7H2,1-3H3,(H2,17,18,20,23). The molecule has 8 heteroatoms. The van der Waals surface area contributed by atoms with E-state index in [4.69, 9.17) is 12.2 Å². The number of hydrogen-bond donors (Lipinski definition) is 3. The third kappa shape index (κ3) is 6.94. The molecule has 1 unspecified atom stereocenters. The summed E-state index contributed by atoms with van der Waals surface area (Å²) in [5.41, 5.74) is 0.610. The summed E-state index contributed by atoms with van der Waals surface area (Å²) in [6.45, 7) is 5.73. The minimum atomic E-state index is -3.53. The number of amides is 1. The Balaban J connectivity index is 2.64. The number of rotatable bonds is 8. The lowest BCUT2D eigenvalue weighted by Crippen LogP contribution is -2.34. The van der Waals surface area contributed by atoms with E-state index < -0.39 is 10.0 Å². The molecule has 0 aliphatic rings. The highest BCUT2D eigenvalue weighted by Crippen LogP contribution is 2.14. The van der Waals surface area contributed by atoms with Gasteiger partial charge < -0.3 is 10.6 Å². The van der Waals surface area contributed by atoms with Crippen LogP contribution in [0.3, 0.4) is 0 Å². The summed E-state index contributed by atoms with van der Waals surface area (Å²) >= 11 is 5.07. The lowest BCUT2D eigenvalue weighted by molar-refractivity contribution is -0.119. The smallest absolute Gasteiger partial charge is 0.240 e. The van der Waals surface area contributed by atoms with Gasteiger partial charge in [-0.3, -0.25) is 4.79 Å². The van der Waals surface area contributed by atoms with Gasteiger partial charge in [0.2, 0.25) is 15.9 Å². The molecular weight excluding hydrogens is 346 g/mol. The average molecular weight is 372 g/mol. The van der Waals surface area contributed by atoms with Crippen LogP contribution in [0.2, 0.25) is 0 Å². The monoisotopic (exact) mass is 371 g/mol. The molecule has 1 aromatic rings. The summed E-state index contributed by atoms with van der Waals surface area (Å²) in [6, 6.07) is 6.08. The van der Waals surface area contributed by atoms with Crippen molar-refractivity contribution in [3.05, 3.63) is 24.3 Å². The minimum absolute atomic E-state index is 0.126. The first-order chi connectivity index (χ1) is 11.3. The van der Waals surface area contributed by atoms with E-state index in [1.54, 1.807) is 12.1 Å². The molecule has 0 heterocycles. The van der Waals surface area contributed by atoms with Crippen LogP contribution < -0.4 is 15.4 Å². The van der Waals surface area contributed by atoms with Gasteiger partial charge in [-0.25, -0.2) is 13.1 Å². The maximum atomic E-state index is 12.2. The van der Waals surface area contributed by atoms with Gasteiger partial charge in [-0.2, -0.15) is 0 Å². The van der Waals surface area contributed by atoms with Gasteiger partial charge in [0.15, 0.2) is 5.11 Å². The van der Waals surface area contributed by atoms with E-state index in [2.05, 4.69) is 15.4 Å². The molecule has 0 fully saturated rings. The van der Waals surface area contributed by atoms with Gasteiger partial charge in [-0.15, -0.1) is 0 Å². The second-order valence-corrected chi connectivity index (χ2v) is 7.68. The first kappa shape index (κ1) is 20.5. The highest BCUT2D eigenvalue weighted by molar-refractivity contribution is 7.89. The maximum Gasteiger partial charge on any atom is 0.240 e. The lowest BCUT2D eigenvalue weighted by atomic mass is 10.2. The fraction of sp³-hybridized carbons (Fsp3) is 0.500. The summed E-state index contributed by atoms with van der Waals surface area (Å²) in [4.78, 5) is 11.8. The Bertz CT molecular complexity index is 658. The Labute approximate surface area is 149 Å². The van der Waals surface area contributed by atoms with Crippen molar-refractivity contribution < 1.29 is 13.2 Å². The second kappa shape index (κ2) is 9.71. The molecule has 1 aromatic carbocycles. The zero-order valence-electron chi connectivity index (χ0n) is 14.3. The van der Waals surface area contributed by atoms with Crippen LogP contribution in [0.5, 0.6) is 0 Å². The molecule has 1 atom stereocenters. The number of nitrogens with one attached hydrogen (secondary N) is 3. The van der Waals surface area contributed by atoms with E-state index in [9.17, 15) is 13.2 Å². The van der Waals surface area contributed by atoms with Gasteiger partial charge in [-0.05, 0) is 56.2 Å². The van der Waals surface area contributed by atoms with Crippen molar-refractivity contribution >= 4 is 38.9 Å². The van der Waals surface area contributed by atoms with E-state index in [-0.39, 0.29) is 22.0 Å². The zero-order chi connectivity index (χ0) is 18.2. The Morgan fingerprint density at radius 2 is 1.83 bits per heavy atom. The van der Waals surface area contributed by atoms with Gasteiger partial charge in [0.25, 0.3) is 0 Å². The number of sulfonamides is 1. The van der Waals surface area contributed by atoms with Crippen LogP contribution in [-0.4, -0.2) is 25.5 Å². The molecular formula is C16H25N3O3S2. The molecule has 0 aliphatic carbocycles. The fourth-order valence-corrected chi connectivity index (χ4v) is 3.38. The first-order valence-electron chi connectivity index (χ1n) is 8.01. The SMILES string of the molecule is CCCCC(=O)NC(=S)Nc1ccc(S(=O)(=O)NC(C)CC)cc1. The summed E-state index contributed by atoms with van der Waals surface area (Å²) in [6.07, 6.45) is 2.89. The van der Waals surface area contributed by atoms with Gasteiger partial charge in [0.05, 0.1) is 4.90 Å². The third-order valence-corrected chi connectivity index (χ3v) is 5.21. The average Bonchev–Trinajstić information content (AvgIpc) is 2.52. The highest BCUT2D eigenvalue weighted by Gasteiger charge is 2.16. The van der Waals surface area contributed by atoms with Gasteiger partial charge in [-0.1, -0.05) is 20.3 Å². The summed E-state index contributed by atoms with van der Waals surface area (Å²) < 4.78 is 26.9. The Hall–Kier alpha value is -1.51. The van der Waals surface area contributed by atoms with Crippen LogP contribution >= 0.6 is 12.2 Å². The molecule has 1 amide bonds. The Morgan fingerprint density at radius 3 is 2.38 bits per heavy atom. The molecule has 0 radical (unpaired) electrons. The number of carbonyl (C=O) groups excluding carboxylic acids is 1. The largest absolute Gasteiger partial charge is 0.332 e. The molecule has 0 spiro atoms. The molecule has 0 bridgehead atoms. The molecule has 1 rings (SSSR count). The van der Waals surface area contributed by atoms with Crippen molar-refractivity contribution in [3.63, 3.8) is 0 Å². The van der Waals surface area contributed by atoms with Crippen LogP contribution in [0.25, 0.3) is 0 Å². The summed E-state index contributed by atoms with van der Waals surface area (Å²) in [7, 11) is -3.53. The number of unbranched alkanes of at least 4 members (excludes halogenated alkanes) is 1. The molecule has 0 saturated carbocycles. The van der Waals surface area contributed by atoms with Crippen molar-refractivity contribution in [3.8, 4) is 0 Å². The molecule has 134 valence electrons. The predicted octanol–water partition coefficient (Wildman–Crippen LogP) is 2.77. The van der Waals surface area contributed by atoms with Crippen molar-refractivity contribution in [1.29, 1.82) is 0 Å². The number of thiocarbonyl (C=S) groups is 1. The minimum Gasteiger partial charge on any atom is -0.332 e. The Morgan fingerprint density at radius 1 is 1.21 bits per heavy atom. The zero-order valence-corrected chi connectivity index (χ0v) is 15.9. The van der Waals surface area contributed by atoms with Crippen LogP contribution in [-0.2, 0) is 14.8 Å². The van der Waals surface area contributed by atoms with Crippen LogP contribution in [0, 0.1) is 0 Å². The molecule has 0 aromatic heterocycles. The normalized spacial score (nSPS) is 12.5. The van der Waals surface area contributed by atoms with Crippen molar-refractivity contribution in [2.24, 2.45) is 0 Å². The highest BCUT2D eigenvalue weighted by atomic mass is 32.2. The fourth-order valence-electron chi connectivity index (χ4n) is 1.82. The molecule has 0 aliphatic heterocycles. The Kier molecular flexibility index (Phi) is 8.30. The first-order valence-corrected chi connectivity index (χ1v) is 9.90. The summed E-state index contributed by atoms with van der Waals surface area (Å²) in [5, 5.41) is 5.66. The van der Waals surface area contributed by atoms with E-state index in [0.717, 1.165) is 12.8 Å². The van der Waals surface area contributed by atoms with Gasteiger partial charge >= 0.3 is 0 Å². The van der Waals surface area contributed by atoms with Gasteiger partial charge in [0.1, 0.15) is 0 Å². The summed E-state index contributed by atoms with van der Waals surface area (Å²) in [5.74, 6) is -0.133. The molecule has 24 heavy (non-hydrogen) atoms. The molecule has 6 nitrogen and oxygen atoms in total. The van der Waals surface area contributed by atoms with Crippen molar-refractivity contribution in [2.45, 2.75) is 57.4 Å². The number of benzene rings is 1. The third-order valence-electron chi connectivity index (χ3n) is 3.40. The van der Waals surface area contributed by atoms with Crippen LogP contribution in [0.15, 0.2) is 29.2 Å². The topological polar surface area (TPSA) is 87.3 Å². The lowest BCUT2D eigenvalue weighted by Gasteiger charge is -2.13. The van der Waals surface area contributed by atoms with Crippen molar-refractivity contribution in [2.75, 3.05) is 5.32 Å².